The van der Waals surface area contributed by atoms with Crippen molar-refractivity contribution in [3.63, 3.8) is 0 Å². The topological polar surface area (TPSA) is 98.5 Å². The molecule has 144 valence electrons. The van der Waals surface area contributed by atoms with Gasteiger partial charge in [-0.2, -0.15) is 0 Å². The average Bonchev–Trinajstić information content (AvgIpc) is 2.59. The lowest BCUT2D eigenvalue weighted by Gasteiger charge is -2.31. The van der Waals surface area contributed by atoms with E-state index < -0.39 is 16.8 Å². The summed E-state index contributed by atoms with van der Waals surface area (Å²) in [5, 5.41) is 14.3. The molecule has 1 aromatic rings. The molecular weight excluding hydrogens is 348 g/mol. The number of Topliss-reactive ketones (excluding diaryl/α,β-unsaturated/α-hetero) is 1. The second-order valence-corrected chi connectivity index (χ2v) is 6.72. The van der Waals surface area contributed by atoms with Crippen LogP contribution in [0.15, 0.2) is 46.8 Å². The molecule has 1 aliphatic heterocycles. The number of ether oxygens (including phenoxy) is 1. The van der Waals surface area contributed by atoms with Crippen LogP contribution in [0.25, 0.3) is 0 Å². The maximum atomic E-state index is 12.8. The molecule has 0 amide bonds. The van der Waals surface area contributed by atoms with Gasteiger partial charge in [0.2, 0.25) is 0 Å². The number of rotatable bonds is 6. The normalized spacial score (nSPS) is 17.0. The first-order chi connectivity index (χ1) is 12.7. The molecule has 2 rings (SSSR count). The highest BCUT2D eigenvalue weighted by atomic mass is 16.6. The summed E-state index contributed by atoms with van der Waals surface area (Å²) >= 11 is 0. The molecule has 1 N–H and O–H groups in total. The monoisotopic (exact) mass is 372 g/mol. The van der Waals surface area contributed by atoms with Crippen LogP contribution in [-0.4, -0.2) is 22.8 Å². The molecule has 1 aromatic carbocycles. The molecule has 1 heterocycles. The predicted octanol–water partition coefficient (Wildman–Crippen LogP) is 3.76. The third kappa shape index (κ3) is 4.24. The number of hydrogen-bond acceptors (Lipinski definition) is 6. The molecule has 7 heteroatoms. The number of carbonyl (C=O) groups is 2. The van der Waals surface area contributed by atoms with E-state index in [1.807, 2.05) is 0 Å². The van der Waals surface area contributed by atoms with Crippen molar-refractivity contribution >= 4 is 17.4 Å². The van der Waals surface area contributed by atoms with Crippen molar-refractivity contribution in [3.05, 3.63) is 62.5 Å². The molecule has 1 unspecified atom stereocenters. The van der Waals surface area contributed by atoms with Crippen molar-refractivity contribution in [2.75, 3.05) is 0 Å². The van der Waals surface area contributed by atoms with Crippen LogP contribution >= 0.6 is 0 Å². The third-order valence-electron chi connectivity index (χ3n) is 4.36. The van der Waals surface area contributed by atoms with Crippen LogP contribution < -0.4 is 5.32 Å². The molecule has 1 aliphatic rings. The first kappa shape index (κ1) is 20.4. The molecule has 7 nitrogen and oxygen atoms in total. The average molecular weight is 372 g/mol. The Balaban J connectivity index is 2.69. The summed E-state index contributed by atoms with van der Waals surface area (Å²) in [7, 11) is 0. The summed E-state index contributed by atoms with van der Waals surface area (Å²) in [6, 6.07) is 6.03. The first-order valence-corrected chi connectivity index (χ1v) is 8.84. The van der Waals surface area contributed by atoms with E-state index in [-0.39, 0.29) is 24.0 Å². The quantitative estimate of drug-likeness (QED) is 0.464. The van der Waals surface area contributed by atoms with Crippen molar-refractivity contribution in [1.82, 2.24) is 5.32 Å². The van der Waals surface area contributed by atoms with E-state index >= 15 is 0 Å². The molecule has 0 saturated carbocycles. The predicted molar refractivity (Wildman–Crippen MR) is 101 cm³/mol. The third-order valence-corrected chi connectivity index (χ3v) is 4.36. The maximum absolute atomic E-state index is 12.8. The highest BCUT2D eigenvalue weighted by Crippen LogP contribution is 2.40. The second-order valence-electron chi connectivity index (χ2n) is 6.72. The number of esters is 1. The van der Waals surface area contributed by atoms with Crippen molar-refractivity contribution in [3.8, 4) is 0 Å². The van der Waals surface area contributed by atoms with E-state index in [9.17, 15) is 19.7 Å². The number of allylic oxidation sites excluding steroid dienone is 3. The van der Waals surface area contributed by atoms with Gasteiger partial charge < -0.3 is 10.1 Å². The van der Waals surface area contributed by atoms with Gasteiger partial charge in [0, 0.05) is 41.4 Å². The minimum atomic E-state index is -0.718. The number of nitrogens with one attached hydrogen (secondary N) is 1. The van der Waals surface area contributed by atoms with Gasteiger partial charge in [0.25, 0.3) is 5.69 Å². The van der Waals surface area contributed by atoms with Crippen LogP contribution in [0.5, 0.6) is 0 Å². The Labute approximate surface area is 158 Å². The second kappa shape index (κ2) is 8.16. The number of nitro benzene ring substituents is 1. The van der Waals surface area contributed by atoms with E-state index in [2.05, 4.69) is 5.32 Å². The minimum absolute atomic E-state index is 0.0961. The smallest absolute Gasteiger partial charge is 0.337 e. The van der Waals surface area contributed by atoms with Crippen LogP contribution in [0.4, 0.5) is 5.69 Å². The van der Waals surface area contributed by atoms with Gasteiger partial charge in [-0.15, -0.1) is 0 Å². The van der Waals surface area contributed by atoms with Gasteiger partial charge in [-0.1, -0.05) is 19.1 Å². The Hall–Kier alpha value is -2.96. The SMILES string of the molecule is CCC(=O)C1=C(C)NC(C)=C(C(=O)OC(C)C)C1c1cccc([N+](=O)[O-])c1. The lowest BCUT2D eigenvalue weighted by atomic mass is 9.78. The molecule has 0 saturated heterocycles. The number of non-ortho nitro benzene ring substituents is 1. The minimum Gasteiger partial charge on any atom is -0.460 e. The Bertz CT molecular complexity index is 852. The van der Waals surface area contributed by atoms with Gasteiger partial charge in [-0.05, 0) is 33.3 Å². The number of ketones is 1. The van der Waals surface area contributed by atoms with Gasteiger partial charge in [-0.25, -0.2) is 4.79 Å². The fourth-order valence-corrected chi connectivity index (χ4v) is 3.25. The van der Waals surface area contributed by atoms with Crippen LogP contribution in [0.2, 0.25) is 0 Å². The van der Waals surface area contributed by atoms with Gasteiger partial charge in [-0.3, -0.25) is 14.9 Å². The molecular formula is C20H24N2O5. The molecule has 27 heavy (non-hydrogen) atoms. The zero-order chi connectivity index (χ0) is 20.3. The van der Waals surface area contributed by atoms with Gasteiger partial charge in [0.1, 0.15) is 0 Å². The number of hydrogen-bond donors (Lipinski definition) is 1. The Kier molecular flexibility index (Phi) is 6.15. The number of benzene rings is 1. The van der Waals surface area contributed by atoms with Crippen molar-refractivity contribution in [2.24, 2.45) is 0 Å². The zero-order valence-corrected chi connectivity index (χ0v) is 16.2. The number of dihydropyridines is 1. The summed E-state index contributed by atoms with van der Waals surface area (Å²) in [5.74, 6) is -1.39. The van der Waals surface area contributed by atoms with Gasteiger partial charge >= 0.3 is 5.97 Å². The van der Waals surface area contributed by atoms with Crippen LogP contribution in [-0.2, 0) is 14.3 Å². The van der Waals surface area contributed by atoms with Gasteiger partial charge in [0.05, 0.1) is 16.6 Å². The Morgan fingerprint density at radius 1 is 1.22 bits per heavy atom. The maximum Gasteiger partial charge on any atom is 0.337 e. The zero-order valence-electron chi connectivity index (χ0n) is 16.2. The highest BCUT2D eigenvalue weighted by molar-refractivity contribution is 6.03. The number of nitrogens with zero attached hydrogens (tertiary/aromatic N) is 1. The molecule has 0 aromatic heterocycles. The van der Waals surface area contributed by atoms with Crippen molar-refractivity contribution in [2.45, 2.75) is 53.1 Å². The Morgan fingerprint density at radius 3 is 2.41 bits per heavy atom. The van der Waals surface area contributed by atoms with Crippen LogP contribution in [0.1, 0.15) is 52.5 Å². The summed E-state index contributed by atoms with van der Waals surface area (Å²) < 4.78 is 5.38. The molecule has 0 aliphatic carbocycles. The summed E-state index contributed by atoms with van der Waals surface area (Å²) in [4.78, 5) is 36.2. The summed E-state index contributed by atoms with van der Waals surface area (Å²) in [6.45, 7) is 8.72. The molecule has 0 fully saturated rings. The molecule has 0 spiro atoms. The lowest BCUT2D eigenvalue weighted by Crippen LogP contribution is -2.32. The van der Waals surface area contributed by atoms with Crippen LogP contribution in [0.3, 0.4) is 0 Å². The highest BCUT2D eigenvalue weighted by Gasteiger charge is 2.37. The van der Waals surface area contributed by atoms with E-state index in [1.165, 1.54) is 12.1 Å². The van der Waals surface area contributed by atoms with Crippen LogP contribution in [0, 0.1) is 10.1 Å². The molecule has 1 atom stereocenters. The summed E-state index contributed by atoms with van der Waals surface area (Å²) in [5.41, 5.74) is 2.35. The standard InChI is InChI=1S/C20H24N2O5/c1-6-16(23)17-12(4)21-13(5)18(20(24)27-11(2)3)19(17)14-8-7-9-15(10-14)22(25)26/h7-11,19,21H,6H2,1-5H3. The fourth-order valence-electron chi connectivity index (χ4n) is 3.25. The van der Waals surface area contributed by atoms with Crippen molar-refractivity contribution in [1.29, 1.82) is 0 Å². The number of carbonyl (C=O) groups excluding carboxylic acids is 2. The van der Waals surface area contributed by atoms with E-state index in [4.69, 9.17) is 4.74 Å². The van der Waals surface area contributed by atoms with Crippen molar-refractivity contribution < 1.29 is 19.2 Å². The first-order valence-electron chi connectivity index (χ1n) is 8.84. The molecule has 0 radical (unpaired) electrons. The largest absolute Gasteiger partial charge is 0.460 e. The Morgan fingerprint density at radius 2 is 1.85 bits per heavy atom. The van der Waals surface area contributed by atoms with E-state index in [0.717, 1.165) is 0 Å². The lowest BCUT2D eigenvalue weighted by molar-refractivity contribution is -0.384. The molecule has 0 bridgehead atoms. The summed E-state index contributed by atoms with van der Waals surface area (Å²) in [6.07, 6.45) is -0.0772. The fraction of sp³-hybridized carbons (Fsp3) is 0.400. The number of nitro groups is 1. The van der Waals surface area contributed by atoms with Gasteiger partial charge in [0.15, 0.2) is 5.78 Å². The van der Waals surface area contributed by atoms with E-state index in [1.54, 1.807) is 46.8 Å². The van der Waals surface area contributed by atoms with E-state index in [0.29, 0.717) is 28.1 Å².